The number of anilines is 2. The topological polar surface area (TPSA) is 76.7 Å². The third-order valence-corrected chi connectivity index (χ3v) is 4.32. The third kappa shape index (κ3) is 6.99. The molecule has 0 aromatic heterocycles. The van der Waals surface area contributed by atoms with Crippen LogP contribution in [0.5, 0.6) is 11.5 Å². The molecule has 0 fully saturated rings. The first-order chi connectivity index (χ1) is 14.5. The van der Waals surface area contributed by atoms with Crippen molar-refractivity contribution < 1.29 is 19.1 Å². The van der Waals surface area contributed by atoms with Crippen LogP contribution in [0.2, 0.25) is 10.0 Å². The third-order valence-electron chi connectivity index (χ3n) is 3.82. The van der Waals surface area contributed by atoms with Gasteiger partial charge in [0.2, 0.25) is 0 Å². The molecule has 6 nitrogen and oxygen atoms in total. The molecule has 30 heavy (non-hydrogen) atoms. The predicted molar refractivity (Wildman–Crippen MR) is 118 cm³/mol. The summed E-state index contributed by atoms with van der Waals surface area (Å²) in [5.41, 5.74) is 1.16. The molecule has 0 saturated heterocycles. The van der Waals surface area contributed by atoms with E-state index >= 15 is 0 Å². The zero-order valence-corrected chi connectivity index (χ0v) is 17.2. The molecule has 0 spiro atoms. The van der Waals surface area contributed by atoms with Gasteiger partial charge in [-0.2, -0.15) is 0 Å². The average Bonchev–Trinajstić information content (AvgIpc) is 2.74. The Morgan fingerprint density at radius 2 is 0.933 bits per heavy atom. The summed E-state index contributed by atoms with van der Waals surface area (Å²) in [6.07, 6.45) is 0. The van der Waals surface area contributed by atoms with Gasteiger partial charge in [0, 0.05) is 21.4 Å². The van der Waals surface area contributed by atoms with Gasteiger partial charge in [-0.05, 0) is 72.8 Å². The molecule has 154 valence electrons. The number of rotatable bonds is 8. The largest absolute Gasteiger partial charge is 0.484 e. The zero-order chi connectivity index (χ0) is 21.3. The molecule has 0 aliphatic carbocycles. The van der Waals surface area contributed by atoms with Gasteiger partial charge in [-0.1, -0.05) is 23.2 Å². The lowest BCUT2D eigenvalue weighted by Gasteiger charge is -2.10. The van der Waals surface area contributed by atoms with E-state index < -0.39 is 0 Å². The van der Waals surface area contributed by atoms with Crippen LogP contribution in [0.1, 0.15) is 0 Å². The first-order valence-corrected chi connectivity index (χ1v) is 9.70. The van der Waals surface area contributed by atoms with Gasteiger partial charge in [-0.25, -0.2) is 0 Å². The first-order valence-electron chi connectivity index (χ1n) is 8.94. The monoisotopic (exact) mass is 444 g/mol. The Kier molecular flexibility index (Phi) is 7.54. The van der Waals surface area contributed by atoms with Crippen molar-refractivity contribution in [3.63, 3.8) is 0 Å². The normalized spacial score (nSPS) is 10.2. The summed E-state index contributed by atoms with van der Waals surface area (Å²) in [4.78, 5) is 24.0. The number of hydrogen-bond donors (Lipinski definition) is 2. The highest BCUT2D eigenvalue weighted by Gasteiger charge is 2.06. The number of nitrogens with one attached hydrogen (secondary N) is 2. The SMILES string of the molecule is O=C(COc1ccc(Cl)cc1)Nc1ccc(NC(=O)COc2ccc(Cl)cc2)cc1. The molecule has 0 heterocycles. The fraction of sp³-hybridized carbons (Fsp3) is 0.0909. The summed E-state index contributed by atoms with van der Waals surface area (Å²) in [5, 5.41) is 6.62. The van der Waals surface area contributed by atoms with E-state index in [1.165, 1.54) is 0 Å². The number of ether oxygens (including phenoxy) is 2. The minimum absolute atomic E-state index is 0.137. The van der Waals surface area contributed by atoms with Crippen LogP contribution in [-0.2, 0) is 9.59 Å². The summed E-state index contributed by atoms with van der Waals surface area (Å²) < 4.78 is 10.8. The van der Waals surface area contributed by atoms with Crippen LogP contribution in [-0.4, -0.2) is 25.0 Å². The van der Waals surface area contributed by atoms with E-state index in [2.05, 4.69) is 10.6 Å². The summed E-state index contributed by atoms with van der Waals surface area (Å²) in [6.45, 7) is -0.273. The number of carbonyl (C=O) groups is 2. The van der Waals surface area contributed by atoms with Crippen molar-refractivity contribution in [1.82, 2.24) is 0 Å². The second-order valence-corrected chi connectivity index (χ2v) is 7.03. The summed E-state index contributed by atoms with van der Waals surface area (Å²) in [5.74, 6) is 0.484. The smallest absolute Gasteiger partial charge is 0.262 e. The number of benzene rings is 3. The van der Waals surface area contributed by atoms with Gasteiger partial charge in [-0.3, -0.25) is 9.59 Å². The second kappa shape index (κ2) is 10.5. The van der Waals surface area contributed by atoms with Crippen LogP contribution in [0.15, 0.2) is 72.8 Å². The van der Waals surface area contributed by atoms with E-state index in [9.17, 15) is 9.59 Å². The Balaban J connectivity index is 1.42. The average molecular weight is 445 g/mol. The minimum Gasteiger partial charge on any atom is -0.484 e. The maximum atomic E-state index is 12.0. The highest BCUT2D eigenvalue weighted by Crippen LogP contribution is 2.17. The van der Waals surface area contributed by atoms with E-state index in [4.69, 9.17) is 32.7 Å². The molecule has 0 aliphatic heterocycles. The quantitative estimate of drug-likeness (QED) is 0.510. The predicted octanol–water partition coefficient (Wildman–Crippen LogP) is 5.03. The molecule has 0 saturated carbocycles. The van der Waals surface area contributed by atoms with Crippen LogP contribution in [0.4, 0.5) is 11.4 Å². The number of amides is 2. The first kappa shape index (κ1) is 21.5. The fourth-order valence-corrected chi connectivity index (χ4v) is 2.64. The number of hydrogen-bond acceptors (Lipinski definition) is 4. The fourth-order valence-electron chi connectivity index (χ4n) is 2.39. The van der Waals surface area contributed by atoms with Crippen LogP contribution >= 0.6 is 23.2 Å². The van der Waals surface area contributed by atoms with Crippen molar-refractivity contribution >= 4 is 46.4 Å². The molecule has 2 amide bonds. The van der Waals surface area contributed by atoms with E-state index in [-0.39, 0.29) is 25.0 Å². The zero-order valence-electron chi connectivity index (χ0n) is 15.7. The van der Waals surface area contributed by atoms with E-state index in [0.29, 0.717) is 32.9 Å². The lowest BCUT2D eigenvalue weighted by atomic mass is 10.2. The number of halogens is 2. The maximum Gasteiger partial charge on any atom is 0.262 e. The van der Waals surface area contributed by atoms with Crippen molar-refractivity contribution in [2.24, 2.45) is 0 Å². The van der Waals surface area contributed by atoms with E-state index in [1.54, 1.807) is 72.8 Å². The summed E-state index contributed by atoms with van der Waals surface area (Å²) in [6, 6.07) is 20.2. The molecule has 0 atom stereocenters. The van der Waals surface area contributed by atoms with Gasteiger partial charge in [0.05, 0.1) is 0 Å². The molecule has 2 N–H and O–H groups in total. The van der Waals surface area contributed by atoms with Crippen LogP contribution in [0.25, 0.3) is 0 Å². The molecule has 8 heteroatoms. The molecule has 3 aromatic rings. The minimum atomic E-state index is -0.307. The van der Waals surface area contributed by atoms with Gasteiger partial charge in [-0.15, -0.1) is 0 Å². The molecule has 0 bridgehead atoms. The van der Waals surface area contributed by atoms with Gasteiger partial charge >= 0.3 is 0 Å². The molecule has 0 unspecified atom stereocenters. The highest BCUT2D eigenvalue weighted by atomic mass is 35.5. The van der Waals surface area contributed by atoms with Crippen LogP contribution in [0.3, 0.4) is 0 Å². The van der Waals surface area contributed by atoms with Gasteiger partial charge < -0.3 is 20.1 Å². The Morgan fingerprint density at radius 3 is 1.27 bits per heavy atom. The molecular weight excluding hydrogens is 427 g/mol. The van der Waals surface area contributed by atoms with Gasteiger partial charge in [0.1, 0.15) is 11.5 Å². The van der Waals surface area contributed by atoms with Gasteiger partial charge in [0.25, 0.3) is 11.8 Å². The molecule has 3 rings (SSSR count). The summed E-state index contributed by atoms with van der Waals surface area (Å²) in [7, 11) is 0. The Labute approximate surface area is 183 Å². The van der Waals surface area contributed by atoms with Crippen molar-refractivity contribution in [3.05, 3.63) is 82.8 Å². The lowest BCUT2D eigenvalue weighted by Crippen LogP contribution is -2.21. The van der Waals surface area contributed by atoms with Gasteiger partial charge in [0.15, 0.2) is 13.2 Å². The Bertz CT molecular complexity index is 909. The molecular formula is C22H18Cl2N2O4. The van der Waals surface area contributed by atoms with Crippen LogP contribution < -0.4 is 20.1 Å². The summed E-state index contributed by atoms with van der Waals surface area (Å²) >= 11 is 11.6. The highest BCUT2D eigenvalue weighted by molar-refractivity contribution is 6.30. The molecule has 0 radical (unpaired) electrons. The van der Waals surface area contributed by atoms with Crippen molar-refractivity contribution in [2.75, 3.05) is 23.8 Å². The molecule has 3 aromatic carbocycles. The van der Waals surface area contributed by atoms with E-state index in [1.807, 2.05) is 0 Å². The van der Waals surface area contributed by atoms with E-state index in [0.717, 1.165) is 0 Å². The van der Waals surface area contributed by atoms with Crippen molar-refractivity contribution in [2.45, 2.75) is 0 Å². The lowest BCUT2D eigenvalue weighted by molar-refractivity contribution is -0.118. The Hall–Kier alpha value is -3.22. The van der Waals surface area contributed by atoms with Crippen LogP contribution in [0, 0.1) is 0 Å². The number of carbonyl (C=O) groups excluding carboxylic acids is 2. The van der Waals surface area contributed by atoms with Crippen molar-refractivity contribution in [3.8, 4) is 11.5 Å². The van der Waals surface area contributed by atoms with Crippen molar-refractivity contribution in [1.29, 1.82) is 0 Å². The standard InChI is InChI=1S/C22H18Cl2N2O4/c23-15-1-9-19(10-2-15)29-13-21(27)25-17-5-7-18(8-6-17)26-22(28)14-30-20-11-3-16(24)4-12-20/h1-12H,13-14H2,(H,25,27)(H,26,28). The maximum absolute atomic E-state index is 12.0. The second-order valence-electron chi connectivity index (χ2n) is 6.16. The Morgan fingerprint density at radius 1 is 0.600 bits per heavy atom. The molecule has 0 aliphatic rings.